The van der Waals surface area contributed by atoms with E-state index in [-0.39, 0.29) is 0 Å². The molecular weight excluding hydrogens is 845 g/mol. The van der Waals surface area contributed by atoms with Gasteiger partial charge in [0, 0.05) is 0 Å². The van der Waals surface area contributed by atoms with Gasteiger partial charge in [-0.15, -0.1) is 4.79 Å². The van der Waals surface area contributed by atoms with E-state index in [4.69, 9.17) is 0 Å². The van der Waals surface area contributed by atoms with E-state index in [0.29, 0.717) is 0 Å². The summed E-state index contributed by atoms with van der Waals surface area (Å²) >= 11 is 0. The van der Waals surface area contributed by atoms with Gasteiger partial charge in [0.2, 0.25) is 0 Å². The molecule has 0 amide bonds. The predicted molar refractivity (Wildman–Crippen MR) is 314 cm³/mol. The molecule has 0 spiro atoms. The zero-order valence-corrected chi connectivity index (χ0v) is 47.9. The predicted octanol–water partition coefficient (Wildman–Crippen LogP) is 23.0. The quantitative estimate of drug-likeness (QED) is 0.0208. The van der Waals surface area contributed by atoms with Gasteiger partial charge < -0.3 is 5.53 Å². The lowest BCUT2D eigenvalue weighted by Gasteiger charge is -2.21. The van der Waals surface area contributed by atoms with Gasteiger partial charge in [-0.1, -0.05) is 296 Å². The minimum absolute atomic E-state index is 0.902. The van der Waals surface area contributed by atoms with Gasteiger partial charge in [0.25, 0.3) is 0 Å². The molecular formula is C68H116N2. The van der Waals surface area contributed by atoms with Crippen molar-refractivity contribution in [2.45, 2.75) is 337 Å². The first-order chi connectivity index (χ1) is 34.5. The number of aryl methyl sites for hydroxylation is 4. The van der Waals surface area contributed by atoms with Crippen LogP contribution in [0.3, 0.4) is 0 Å². The highest BCUT2D eigenvalue weighted by molar-refractivity contribution is 5.87. The van der Waals surface area contributed by atoms with Crippen LogP contribution in [0, 0.1) is 0 Å². The van der Waals surface area contributed by atoms with Crippen molar-refractivity contribution < 1.29 is 4.79 Å². The minimum atomic E-state index is 0.902. The molecule has 0 aliphatic carbocycles. The van der Waals surface area contributed by atoms with Crippen molar-refractivity contribution in [1.82, 2.24) is 0 Å². The first kappa shape index (κ1) is 63.5. The molecule has 70 heavy (non-hydrogen) atoms. The van der Waals surface area contributed by atoms with Gasteiger partial charge in [0.15, 0.2) is 0 Å². The molecule has 0 aromatic heterocycles. The number of nitrogens with zero attached hydrogens (tertiary/aromatic N) is 2. The Labute approximate surface area is 437 Å². The molecule has 0 fully saturated rings. The summed E-state index contributed by atoms with van der Waals surface area (Å²) in [5.74, 6) is 3.24. The van der Waals surface area contributed by atoms with Gasteiger partial charge in [-0.3, -0.25) is 0 Å². The molecule has 2 heteroatoms. The highest BCUT2D eigenvalue weighted by Crippen LogP contribution is 2.37. The Bertz CT molecular complexity index is 1590. The fraction of sp³-hybridized carbons (Fsp3) is 0.765. The first-order valence-electron chi connectivity index (χ1n) is 31.5. The number of hydrogen-bond donors (Lipinski definition) is 0. The Morgan fingerprint density at radius 2 is 0.586 bits per heavy atom. The third-order valence-electron chi connectivity index (χ3n) is 15.4. The van der Waals surface area contributed by atoms with Crippen LogP contribution in [0.4, 0.5) is 0 Å². The number of allylic oxidation sites excluding steroid dienone is 2. The molecule has 0 saturated heterocycles. The molecule has 0 heterocycles. The van der Waals surface area contributed by atoms with Crippen molar-refractivity contribution in [3.05, 3.63) is 86.5 Å². The van der Waals surface area contributed by atoms with E-state index in [2.05, 4.69) is 88.6 Å². The van der Waals surface area contributed by atoms with Crippen LogP contribution in [0.2, 0.25) is 0 Å². The molecule has 2 rings (SSSR count). The lowest BCUT2D eigenvalue weighted by atomic mass is 9.82. The van der Waals surface area contributed by atoms with Crippen molar-refractivity contribution in [2.24, 2.45) is 0 Å². The average Bonchev–Trinajstić information content (AvgIpc) is 3.37. The van der Waals surface area contributed by atoms with E-state index >= 15 is 0 Å². The zero-order valence-electron chi connectivity index (χ0n) is 47.9. The van der Waals surface area contributed by atoms with Gasteiger partial charge in [0.05, 0.1) is 5.57 Å². The van der Waals surface area contributed by atoms with Crippen LogP contribution in [0.1, 0.15) is 345 Å². The second kappa shape index (κ2) is 46.1. The topological polar surface area (TPSA) is 36.4 Å². The van der Waals surface area contributed by atoms with E-state index in [1.165, 1.54) is 289 Å². The summed E-state index contributed by atoms with van der Waals surface area (Å²) in [7, 11) is 0. The molecule has 0 bridgehead atoms. The van der Waals surface area contributed by atoms with Crippen molar-refractivity contribution in [2.75, 3.05) is 0 Å². The number of unbranched alkanes of at least 4 members (excludes halogenated alkanes) is 34. The lowest BCUT2D eigenvalue weighted by Crippen LogP contribution is -2.04. The largest absolute Gasteiger partial charge is 0.348 e. The Balaban J connectivity index is 2.31. The highest BCUT2D eigenvalue weighted by atomic mass is 14.8. The first-order valence-corrected chi connectivity index (χ1v) is 31.5. The third kappa shape index (κ3) is 31.7. The highest BCUT2D eigenvalue weighted by Gasteiger charge is 2.21. The summed E-state index contributed by atoms with van der Waals surface area (Å²) < 4.78 is 0. The molecule has 2 aromatic rings. The molecule has 0 N–H and O–H groups in total. The Kier molecular flexibility index (Phi) is 41.8. The summed E-state index contributed by atoms with van der Waals surface area (Å²) in [6, 6.07) is 15.4. The molecule has 0 aliphatic rings. The van der Waals surface area contributed by atoms with Crippen LogP contribution in [0.15, 0.2) is 47.5 Å². The summed E-state index contributed by atoms with van der Waals surface area (Å²) in [6.45, 7) is 13.9. The summed E-state index contributed by atoms with van der Waals surface area (Å²) in [4.78, 5) is 3.69. The molecule has 0 unspecified atom stereocenters. The monoisotopic (exact) mass is 961 g/mol. The summed E-state index contributed by atoms with van der Waals surface area (Å²) in [5, 5.41) is 0. The van der Waals surface area contributed by atoms with Crippen molar-refractivity contribution in [1.29, 1.82) is 0 Å². The third-order valence-corrected chi connectivity index (χ3v) is 15.4. The van der Waals surface area contributed by atoms with Crippen LogP contribution in [0.25, 0.3) is 11.1 Å². The van der Waals surface area contributed by atoms with E-state index in [9.17, 15) is 5.53 Å². The number of rotatable bonds is 49. The zero-order chi connectivity index (χ0) is 50.4. The van der Waals surface area contributed by atoms with Gasteiger partial charge >= 0.3 is 5.87 Å². The second-order valence-corrected chi connectivity index (χ2v) is 22.1. The maximum absolute atomic E-state index is 10.2. The second-order valence-electron chi connectivity index (χ2n) is 22.1. The molecule has 0 saturated carbocycles. The van der Waals surface area contributed by atoms with E-state index in [0.717, 1.165) is 56.9 Å². The van der Waals surface area contributed by atoms with Gasteiger partial charge in [-0.05, 0) is 122 Å². The van der Waals surface area contributed by atoms with Crippen LogP contribution in [-0.4, -0.2) is 10.7 Å². The van der Waals surface area contributed by atoms with Crippen LogP contribution >= 0.6 is 0 Å². The fourth-order valence-electron chi connectivity index (χ4n) is 10.9. The van der Waals surface area contributed by atoms with Gasteiger partial charge in [-0.2, -0.15) is 0 Å². The van der Waals surface area contributed by atoms with E-state index < -0.39 is 0 Å². The Morgan fingerprint density at radius 1 is 0.314 bits per heavy atom. The maximum atomic E-state index is 10.2. The van der Waals surface area contributed by atoms with E-state index in [1.54, 1.807) is 0 Å². The van der Waals surface area contributed by atoms with Crippen molar-refractivity contribution >= 4 is 11.4 Å². The van der Waals surface area contributed by atoms with Crippen LogP contribution < -0.4 is 0 Å². The standard InChI is InChI=1S/C68H116N2/c1-7-13-19-22-25-26-27-28-29-30-31-32-33-34-35-36-37-38-39-40-43-46-52-67(64(59-70-69)51-18-12-6)68(65-55-60(47-16-10-4)53-61(56-65)48-17-11-5)66-57-62(49-44-41-23-20-14-8-2)54-63(58-66)50-45-42-24-21-15-9-3/h53-58H,7-52H2,1-6H3. The lowest BCUT2D eigenvalue weighted by molar-refractivity contribution is 0.00739. The number of benzene rings is 2. The SMILES string of the molecule is CCCCCCCCCCCCCCCCCCCCCCCCC(C(=C=[N+]=[N-])CCCC)=C(c1cc(CCCC)cc(CCCC)c1)c1cc(CCCCCCCC)cc(CCCCCCCC)c1. The van der Waals surface area contributed by atoms with Crippen molar-refractivity contribution in [3.63, 3.8) is 0 Å². The Hall–Kier alpha value is -2.66. The van der Waals surface area contributed by atoms with Gasteiger partial charge in [0.1, 0.15) is 0 Å². The molecule has 0 aliphatic heterocycles. The Morgan fingerprint density at radius 3 is 0.886 bits per heavy atom. The average molecular weight is 962 g/mol. The molecule has 2 aromatic carbocycles. The fourth-order valence-corrected chi connectivity index (χ4v) is 10.9. The van der Waals surface area contributed by atoms with Crippen LogP contribution in [0.5, 0.6) is 0 Å². The molecule has 0 radical (unpaired) electrons. The summed E-state index contributed by atoms with van der Waals surface area (Å²) in [6.07, 6.45) is 60.4. The summed E-state index contributed by atoms with van der Waals surface area (Å²) in [5.41, 5.74) is 22.9. The smallest absolute Gasteiger partial charge is 0.303 e. The normalized spacial score (nSPS) is 11.8. The molecule has 0 atom stereocenters. The van der Waals surface area contributed by atoms with Crippen LogP contribution in [-0.2, 0) is 25.7 Å². The van der Waals surface area contributed by atoms with E-state index in [1.807, 2.05) is 0 Å². The number of hydrogen-bond acceptors (Lipinski definition) is 0. The van der Waals surface area contributed by atoms with Gasteiger partial charge in [-0.25, -0.2) is 0 Å². The maximum Gasteiger partial charge on any atom is 0.303 e. The minimum Gasteiger partial charge on any atom is -0.348 e. The molecule has 2 nitrogen and oxygen atoms in total. The van der Waals surface area contributed by atoms with Crippen molar-refractivity contribution in [3.8, 4) is 0 Å². The molecule has 398 valence electrons.